The fourth-order valence-electron chi connectivity index (χ4n) is 2.78. The lowest BCUT2D eigenvalue weighted by Crippen LogP contribution is -2.24. The molecular formula is C16H18N6O2. The van der Waals surface area contributed by atoms with Crippen LogP contribution in [-0.2, 0) is 6.42 Å². The molecule has 0 bridgehead atoms. The summed E-state index contributed by atoms with van der Waals surface area (Å²) in [5.74, 6) is 2.33. The number of nitrogens with zero attached hydrogens (tertiary/aromatic N) is 5. The van der Waals surface area contributed by atoms with Crippen molar-refractivity contribution in [2.24, 2.45) is 0 Å². The van der Waals surface area contributed by atoms with Gasteiger partial charge in [0.2, 0.25) is 0 Å². The molecule has 0 fully saturated rings. The summed E-state index contributed by atoms with van der Waals surface area (Å²) in [5.41, 5.74) is 1.62. The van der Waals surface area contributed by atoms with Crippen LogP contribution in [0.5, 0.6) is 11.5 Å². The Hall–Kier alpha value is -2.90. The standard InChI is InChI=1S/C16H18N6O2/c1-16(2)10-11-4-3-5-12(15(11)24-16)23-9-8-17-13-6-7-14-18-20-21-22(14)19-13/h3-7H,8-10H2,1-2H3,(H,17,19). The van der Waals surface area contributed by atoms with Crippen LogP contribution in [0.25, 0.3) is 5.65 Å². The Labute approximate surface area is 138 Å². The molecule has 4 rings (SSSR count). The molecule has 1 aliphatic rings. The van der Waals surface area contributed by atoms with Crippen molar-refractivity contribution in [1.82, 2.24) is 25.3 Å². The van der Waals surface area contributed by atoms with Crippen LogP contribution >= 0.6 is 0 Å². The van der Waals surface area contributed by atoms with E-state index in [1.807, 2.05) is 18.2 Å². The Bertz CT molecular complexity index is 876. The molecule has 2 aromatic heterocycles. The number of fused-ring (bicyclic) bond motifs is 2. The first-order valence-corrected chi connectivity index (χ1v) is 7.84. The molecule has 0 spiro atoms. The second kappa shape index (κ2) is 5.63. The predicted molar refractivity (Wildman–Crippen MR) is 87.4 cm³/mol. The van der Waals surface area contributed by atoms with Crippen LogP contribution in [-0.4, -0.2) is 44.0 Å². The summed E-state index contributed by atoms with van der Waals surface area (Å²) in [6.07, 6.45) is 0.896. The van der Waals surface area contributed by atoms with E-state index in [1.54, 1.807) is 6.07 Å². The first-order chi connectivity index (χ1) is 11.6. The maximum Gasteiger partial charge on any atom is 0.200 e. The lowest BCUT2D eigenvalue weighted by Gasteiger charge is -2.18. The van der Waals surface area contributed by atoms with Crippen LogP contribution in [0.1, 0.15) is 19.4 Å². The summed E-state index contributed by atoms with van der Waals surface area (Å²) in [7, 11) is 0. The summed E-state index contributed by atoms with van der Waals surface area (Å²) in [4.78, 5) is 0. The van der Waals surface area contributed by atoms with Gasteiger partial charge < -0.3 is 14.8 Å². The van der Waals surface area contributed by atoms with E-state index in [9.17, 15) is 0 Å². The van der Waals surface area contributed by atoms with Gasteiger partial charge in [0.05, 0.1) is 6.54 Å². The van der Waals surface area contributed by atoms with Crippen molar-refractivity contribution in [1.29, 1.82) is 0 Å². The minimum Gasteiger partial charge on any atom is -0.488 e. The van der Waals surface area contributed by atoms with Gasteiger partial charge in [-0.2, -0.15) is 0 Å². The highest BCUT2D eigenvalue weighted by molar-refractivity contribution is 5.50. The van der Waals surface area contributed by atoms with Gasteiger partial charge in [0, 0.05) is 12.0 Å². The smallest absolute Gasteiger partial charge is 0.200 e. The number of ether oxygens (including phenoxy) is 2. The van der Waals surface area contributed by atoms with E-state index < -0.39 is 0 Å². The highest BCUT2D eigenvalue weighted by atomic mass is 16.5. The van der Waals surface area contributed by atoms with Gasteiger partial charge in [0.15, 0.2) is 17.1 Å². The maximum absolute atomic E-state index is 6.00. The fourth-order valence-corrected chi connectivity index (χ4v) is 2.78. The molecule has 8 nitrogen and oxygen atoms in total. The number of para-hydroxylation sites is 1. The summed E-state index contributed by atoms with van der Waals surface area (Å²) in [5, 5.41) is 18.6. The normalized spacial score (nSPS) is 15.1. The number of nitrogens with one attached hydrogen (secondary N) is 1. The molecule has 3 aromatic rings. The van der Waals surface area contributed by atoms with Crippen LogP contribution in [0.4, 0.5) is 5.82 Å². The lowest BCUT2D eigenvalue weighted by molar-refractivity contribution is 0.132. The van der Waals surface area contributed by atoms with Crippen LogP contribution < -0.4 is 14.8 Å². The van der Waals surface area contributed by atoms with E-state index in [4.69, 9.17) is 9.47 Å². The van der Waals surface area contributed by atoms with Crippen molar-refractivity contribution < 1.29 is 9.47 Å². The number of hydrogen-bond acceptors (Lipinski definition) is 7. The second-order valence-corrected chi connectivity index (χ2v) is 6.30. The molecule has 0 saturated heterocycles. The number of rotatable bonds is 5. The molecule has 0 atom stereocenters. The van der Waals surface area contributed by atoms with Gasteiger partial charge in [-0.05, 0) is 42.5 Å². The Kier molecular flexibility index (Phi) is 3.44. The van der Waals surface area contributed by atoms with E-state index >= 15 is 0 Å². The van der Waals surface area contributed by atoms with Gasteiger partial charge in [-0.3, -0.25) is 0 Å². The summed E-state index contributed by atoms with van der Waals surface area (Å²) < 4.78 is 13.2. The molecule has 8 heteroatoms. The molecule has 0 amide bonds. The van der Waals surface area contributed by atoms with E-state index in [0.29, 0.717) is 24.6 Å². The molecule has 3 heterocycles. The zero-order valence-corrected chi connectivity index (χ0v) is 13.6. The van der Waals surface area contributed by atoms with E-state index in [0.717, 1.165) is 17.9 Å². The van der Waals surface area contributed by atoms with Crippen LogP contribution in [0, 0.1) is 0 Å². The van der Waals surface area contributed by atoms with Crippen molar-refractivity contribution in [2.75, 3.05) is 18.5 Å². The number of aromatic nitrogens is 5. The average Bonchev–Trinajstić information content (AvgIpc) is 3.13. The number of anilines is 1. The monoisotopic (exact) mass is 326 g/mol. The molecule has 24 heavy (non-hydrogen) atoms. The zero-order chi connectivity index (χ0) is 16.6. The molecule has 0 unspecified atom stereocenters. The third-order valence-electron chi connectivity index (χ3n) is 3.79. The largest absolute Gasteiger partial charge is 0.488 e. The van der Waals surface area contributed by atoms with Gasteiger partial charge in [-0.15, -0.1) is 14.8 Å². The van der Waals surface area contributed by atoms with Gasteiger partial charge in [0.1, 0.15) is 18.0 Å². The second-order valence-electron chi connectivity index (χ2n) is 6.30. The predicted octanol–water partition coefficient (Wildman–Crippen LogP) is 1.72. The molecule has 0 radical (unpaired) electrons. The van der Waals surface area contributed by atoms with Crippen molar-refractivity contribution in [3.8, 4) is 11.5 Å². The zero-order valence-electron chi connectivity index (χ0n) is 13.6. The Morgan fingerprint density at radius 1 is 1.29 bits per heavy atom. The third-order valence-corrected chi connectivity index (χ3v) is 3.79. The molecule has 1 N–H and O–H groups in total. The lowest BCUT2D eigenvalue weighted by atomic mass is 10.0. The molecular weight excluding hydrogens is 308 g/mol. The quantitative estimate of drug-likeness (QED) is 0.714. The van der Waals surface area contributed by atoms with Crippen molar-refractivity contribution >= 4 is 11.5 Å². The molecule has 124 valence electrons. The van der Waals surface area contributed by atoms with E-state index in [2.05, 4.69) is 45.9 Å². The minimum absolute atomic E-state index is 0.175. The number of benzene rings is 1. The first-order valence-electron chi connectivity index (χ1n) is 7.84. The highest BCUT2D eigenvalue weighted by Gasteiger charge is 2.32. The Morgan fingerprint density at radius 3 is 3.12 bits per heavy atom. The highest BCUT2D eigenvalue weighted by Crippen LogP contribution is 2.41. The van der Waals surface area contributed by atoms with Crippen LogP contribution in [0.3, 0.4) is 0 Å². The number of tetrazole rings is 1. The third kappa shape index (κ3) is 2.82. The van der Waals surface area contributed by atoms with Crippen molar-refractivity contribution in [3.63, 3.8) is 0 Å². The Balaban J connectivity index is 1.36. The minimum atomic E-state index is -0.175. The molecule has 0 saturated carbocycles. The van der Waals surface area contributed by atoms with Gasteiger partial charge in [-0.25, -0.2) is 0 Å². The summed E-state index contributed by atoms with van der Waals surface area (Å²) in [6, 6.07) is 9.65. The van der Waals surface area contributed by atoms with Crippen LogP contribution in [0.15, 0.2) is 30.3 Å². The van der Waals surface area contributed by atoms with Gasteiger partial charge in [-0.1, -0.05) is 12.1 Å². The molecule has 1 aliphatic heterocycles. The van der Waals surface area contributed by atoms with Crippen LogP contribution in [0.2, 0.25) is 0 Å². The van der Waals surface area contributed by atoms with Gasteiger partial charge in [0.25, 0.3) is 0 Å². The van der Waals surface area contributed by atoms with Gasteiger partial charge >= 0.3 is 0 Å². The first kappa shape index (κ1) is 14.7. The summed E-state index contributed by atoms with van der Waals surface area (Å²) in [6.45, 7) is 5.27. The maximum atomic E-state index is 6.00. The Morgan fingerprint density at radius 2 is 2.21 bits per heavy atom. The SMILES string of the molecule is CC1(C)Cc2cccc(OCCNc3ccc4nnnn4n3)c2O1. The van der Waals surface area contributed by atoms with Crippen molar-refractivity contribution in [3.05, 3.63) is 35.9 Å². The average molecular weight is 326 g/mol. The van der Waals surface area contributed by atoms with E-state index in [-0.39, 0.29) is 5.60 Å². The van der Waals surface area contributed by atoms with E-state index in [1.165, 1.54) is 10.2 Å². The summed E-state index contributed by atoms with van der Waals surface area (Å²) >= 11 is 0. The molecule has 1 aromatic carbocycles. The number of hydrogen-bond donors (Lipinski definition) is 1. The molecule has 0 aliphatic carbocycles. The fraction of sp³-hybridized carbons (Fsp3) is 0.375. The topological polar surface area (TPSA) is 86.5 Å². The van der Waals surface area contributed by atoms with Crippen molar-refractivity contribution in [2.45, 2.75) is 25.9 Å².